The van der Waals surface area contributed by atoms with Crippen molar-refractivity contribution in [2.75, 3.05) is 7.11 Å². The van der Waals surface area contributed by atoms with E-state index in [0.717, 1.165) is 5.39 Å². The lowest BCUT2D eigenvalue weighted by atomic mass is 10.1. The van der Waals surface area contributed by atoms with Crippen molar-refractivity contribution < 1.29 is 19.4 Å². The van der Waals surface area contributed by atoms with E-state index in [-0.39, 0.29) is 5.75 Å². The summed E-state index contributed by atoms with van der Waals surface area (Å²) in [6.45, 7) is 0. The molecule has 0 amide bonds. The van der Waals surface area contributed by atoms with Gasteiger partial charge in [-0.15, -0.1) is 0 Å². The van der Waals surface area contributed by atoms with Crippen LogP contribution in [0.15, 0.2) is 36.4 Å². The number of hydrogen-bond acceptors (Lipinski definition) is 4. The fourth-order valence-electron chi connectivity index (χ4n) is 1.44. The molecule has 0 bridgehead atoms. The molecule has 0 saturated heterocycles. The number of hydrogen-bond donors (Lipinski definition) is 1. The topological polar surface area (TPSA) is 55.8 Å². The average Bonchev–Trinajstić information content (AvgIpc) is 2.30. The number of fused-ring (bicyclic) bond motifs is 1. The average molecular weight is 218 g/mol. The minimum atomic E-state index is -0.783. The van der Waals surface area contributed by atoms with E-state index < -0.39 is 6.16 Å². The van der Waals surface area contributed by atoms with Gasteiger partial charge in [-0.3, -0.25) is 0 Å². The minimum absolute atomic E-state index is 0.146. The number of benzene rings is 2. The summed E-state index contributed by atoms with van der Waals surface area (Å²) in [5.74, 6) is 0.480. The van der Waals surface area contributed by atoms with E-state index in [9.17, 15) is 9.90 Å². The molecule has 4 nitrogen and oxygen atoms in total. The third kappa shape index (κ3) is 1.91. The molecule has 2 aromatic carbocycles. The minimum Gasteiger partial charge on any atom is -0.507 e. The number of phenolic OH excluding ortho intramolecular Hbond substituents is 1. The Bertz CT molecular complexity index is 534. The van der Waals surface area contributed by atoms with E-state index >= 15 is 0 Å². The van der Waals surface area contributed by atoms with Gasteiger partial charge in [0.05, 0.1) is 7.11 Å². The summed E-state index contributed by atoms with van der Waals surface area (Å²) >= 11 is 0. The zero-order valence-electron chi connectivity index (χ0n) is 8.64. The molecule has 0 saturated carbocycles. The summed E-state index contributed by atoms with van der Waals surface area (Å²) in [5.41, 5.74) is 0. The number of phenols is 1. The first-order chi connectivity index (χ1) is 7.70. The molecule has 2 rings (SSSR count). The van der Waals surface area contributed by atoms with Crippen LogP contribution >= 0.6 is 0 Å². The Morgan fingerprint density at radius 2 is 2.06 bits per heavy atom. The van der Waals surface area contributed by atoms with Crippen molar-refractivity contribution in [3.05, 3.63) is 36.4 Å². The Balaban J connectivity index is 2.43. The van der Waals surface area contributed by atoms with E-state index in [1.807, 2.05) is 6.07 Å². The molecule has 0 aliphatic rings. The van der Waals surface area contributed by atoms with Crippen LogP contribution in [0.3, 0.4) is 0 Å². The highest BCUT2D eigenvalue weighted by Gasteiger charge is 2.05. The van der Waals surface area contributed by atoms with Gasteiger partial charge in [-0.2, -0.15) is 0 Å². The van der Waals surface area contributed by atoms with Crippen LogP contribution in [-0.4, -0.2) is 18.4 Å². The second-order valence-electron chi connectivity index (χ2n) is 3.22. The van der Waals surface area contributed by atoms with Crippen molar-refractivity contribution in [3.8, 4) is 11.5 Å². The first-order valence-corrected chi connectivity index (χ1v) is 4.68. The Labute approximate surface area is 92.0 Å². The second kappa shape index (κ2) is 4.10. The van der Waals surface area contributed by atoms with Crippen LogP contribution in [0.5, 0.6) is 11.5 Å². The highest BCUT2D eigenvalue weighted by Crippen LogP contribution is 2.28. The summed E-state index contributed by atoms with van der Waals surface area (Å²) in [6.07, 6.45) is -0.783. The van der Waals surface area contributed by atoms with E-state index in [1.165, 1.54) is 7.11 Å². The highest BCUT2D eigenvalue weighted by molar-refractivity contribution is 5.89. The maximum atomic E-state index is 10.9. The van der Waals surface area contributed by atoms with Crippen LogP contribution in [0.4, 0.5) is 4.79 Å². The number of carbonyl (C=O) groups is 1. The second-order valence-corrected chi connectivity index (χ2v) is 3.22. The van der Waals surface area contributed by atoms with Gasteiger partial charge in [-0.25, -0.2) is 4.79 Å². The predicted molar refractivity (Wildman–Crippen MR) is 58.6 cm³/mol. The molecule has 0 spiro atoms. The van der Waals surface area contributed by atoms with Crippen molar-refractivity contribution in [2.24, 2.45) is 0 Å². The number of carbonyl (C=O) groups excluding carboxylic acids is 1. The maximum absolute atomic E-state index is 10.9. The molecule has 0 unspecified atom stereocenters. The molecule has 1 N–H and O–H groups in total. The Morgan fingerprint density at radius 3 is 2.81 bits per heavy atom. The summed E-state index contributed by atoms with van der Waals surface area (Å²) in [7, 11) is 1.24. The van der Waals surface area contributed by atoms with Crippen LogP contribution < -0.4 is 4.74 Å². The third-order valence-electron chi connectivity index (χ3n) is 2.20. The van der Waals surface area contributed by atoms with Crippen LogP contribution in [-0.2, 0) is 4.74 Å². The van der Waals surface area contributed by atoms with Gasteiger partial charge in [-0.05, 0) is 23.6 Å². The lowest BCUT2D eigenvalue weighted by Gasteiger charge is -2.05. The van der Waals surface area contributed by atoms with Gasteiger partial charge in [0.1, 0.15) is 11.5 Å². The van der Waals surface area contributed by atoms with Crippen molar-refractivity contribution in [1.29, 1.82) is 0 Å². The van der Waals surface area contributed by atoms with Gasteiger partial charge in [0.15, 0.2) is 0 Å². The smallest absolute Gasteiger partial charge is 0.507 e. The monoisotopic (exact) mass is 218 g/mol. The predicted octanol–water partition coefficient (Wildman–Crippen LogP) is 2.69. The SMILES string of the molecule is COC(=O)Oc1ccc2cccc(O)c2c1. The van der Waals surface area contributed by atoms with Crippen LogP contribution in [0.1, 0.15) is 0 Å². The van der Waals surface area contributed by atoms with Crippen molar-refractivity contribution in [2.45, 2.75) is 0 Å². The normalized spacial score (nSPS) is 10.1. The van der Waals surface area contributed by atoms with Crippen molar-refractivity contribution in [3.63, 3.8) is 0 Å². The van der Waals surface area contributed by atoms with E-state index in [0.29, 0.717) is 11.1 Å². The summed E-state index contributed by atoms with van der Waals surface area (Å²) in [4.78, 5) is 10.9. The molecule has 0 aromatic heterocycles. The van der Waals surface area contributed by atoms with Crippen LogP contribution in [0.25, 0.3) is 10.8 Å². The molecule has 0 heterocycles. The lowest BCUT2D eigenvalue weighted by Crippen LogP contribution is -2.06. The molecule has 16 heavy (non-hydrogen) atoms. The molecule has 0 aliphatic heterocycles. The molecular formula is C12H10O4. The van der Waals surface area contributed by atoms with Crippen molar-refractivity contribution >= 4 is 16.9 Å². The molecule has 2 aromatic rings. The number of rotatable bonds is 1. The van der Waals surface area contributed by atoms with E-state index in [4.69, 9.17) is 4.74 Å². The first-order valence-electron chi connectivity index (χ1n) is 4.68. The molecule has 4 heteroatoms. The standard InChI is InChI=1S/C12H10O4/c1-15-12(14)16-9-6-5-8-3-2-4-11(13)10(8)7-9/h2-7,13H,1H3. The van der Waals surface area contributed by atoms with Crippen LogP contribution in [0.2, 0.25) is 0 Å². The Morgan fingerprint density at radius 1 is 1.25 bits per heavy atom. The zero-order chi connectivity index (χ0) is 11.5. The van der Waals surface area contributed by atoms with E-state index in [2.05, 4.69) is 4.74 Å². The van der Waals surface area contributed by atoms with E-state index in [1.54, 1.807) is 30.3 Å². The van der Waals surface area contributed by atoms with Gasteiger partial charge in [0.25, 0.3) is 0 Å². The molecule has 0 aliphatic carbocycles. The highest BCUT2D eigenvalue weighted by atomic mass is 16.7. The van der Waals surface area contributed by atoms with Gasteiger partial charge >= 0.3 is 6.16 Å². The molecular weight excluding hydrogens is 208 g/mol. The fraction of sp³-hybridized carbons (Fsp3) is 0.0833. The lowest BCUT2D eigenvalue weighted by molar-refractivity contribution is 0.121. The number of ether oxygens (including phenoxy) is 2. The third-order valence-corrected chi connectivity index (χ3v) is 2.20. The Kier molecular flexibility index (Phi) is 2.64. The van der Waals surface area contributed by atoms with Gasteiger partial charge in [0.2, 0.25) is 0 Å². The molecule has 0 fully saturated rings. The van der Waals surface area contributed by atoms with Crippen LogP contribution in [0, 0.1) is 0 Å². The quantitative estimate of drug-likeness (QED) is 0.590. The van der Waals surface area contributed by atoms with Crippen molar-refractivity contribution in [1.82, 2.24) is 0 Å². The fourth-order valence-corrected chi connectivity index (χ4v) is 1.44. The zero-order valence-corrected chi connectivity index (χ0v) is 8.64. The summed E-state index contributed by atoms with van der Waals surface area (Å²) in [6, 6.07) is 10.2. The first kappa shape index (κ1) is 10.3. The Hall–Kier alpha value is -2.23. The van der Waals surface area contributed by atoms with Gasteiger partial charge in [-0.1, -0.05) is 18.2 Å². The molecule has 82 valence electrons. The summed E-state index contributed by atoms with van der Waals surface area (Å²) in [5, 5.41) is 11.1. The number of methoxy groups -OCH3 is 1. The van der Waals surface area contributed by atoms with Gasteiger partial charge < -0.3 is 14.6 Å². The molecule has 0 radical (unpaired) electrons. The maximum Gasteiger partial charge on any atom is 0.513 e. The largest absolute Gasteiger partial charge is 0.513 e. The molecule has 0 atom stereocenters. The number of aromatic hydroxyl groups is 1. The van der Waals surface area contributed by atoms with Gasteiger partial charge in [0, 0.05) is 5.39 Å². The summed E-state index contributed by atoms with van der Waals surface area (Å²) < 4.78 is 9.23.